The van der Waals surface area contributed by atoms with Gasteiger partial charge in [-0.15, -0.1) is 11.6 Å². The van der Waals surface area contributed by atoms with Crippen LogP contribution in [0.2, 0.25) is 0 Å². The molecule has 0 radical (unpaired) electrons. The zero-order valence-electron chi connectivity index (χ0n) is 10.2. The molecule has 0 saturated heterocycles. The van der Waals surface area contributed by atoms with Crippen LogP contribution in [-0.2, 0) is 0 Å². The quantitative estimate of drug-likeness (QED) is 0.630. The van der Waals surface area contributed by atoms with Gasteiger partial charge < -0.3 is 0 Å². The van der Waals surface area contributed by atoms with Gasteiger partial charge in [0.2, 0.25) is 0 Å². The molecule has 1 aromatic rings. The lowest BCUT2D eigenvalue weighted by atomic mass is 9.92. The van der Waals surface area contributed by atoms with Gasteiger partial charge in [0.15, 0.2) is 0 Å². The second-order valence-corrected chi connectivity index (χ2v) is 4.79. The fourth-order valence-corrected chi connectivity index (χ4v) is 2.40. The predicted molar refractivity (Wildman–Crippen MR) is 68.6 cm³/mol. The van der Waals surface area contributed by atoms with Gasteiger partial charge in [-0.05, 0) is 36.5 Å². The molecule has 0 spiro atoms. The minimum atomic E-state index is 0.166. The lowest BCUT2D eigenvalue weighted by Gasteiger charge is -2.20. The Bertz CT molecular complexity index is 313. The molecule has 0 nitrogen and oxygen atoms in total. The Labute approximate surface area is 98.7 Å². The molecule has 1 heteroatoms. The van der Waals surface area contributed by atoms with E-state index in [9.17, 15) is 0 Å². The minimum absolute atomic E-state index is 0.166. The van der Waals surface area contributed by atoms with Crippen molar-refractivity contribution >= 4 is 11.6 Å². The number of hydrogen-bond acceptors (Lipinski definition) is 0. The third-order valence-electron chi connectivity index (χ3n) is 3.31. The molecule has 1 atom stereocenters. The van der Waals surface area contributed by atoms with Gasteiger partial charge in [0.25, 0.3) is 0 Å². The summed E-state index contributed by atoms with van der Waals surface area (Å²) >= 11 is 6.50. The summed E-state index contributed by atoms with van der Waals surface area (Å²) in [5.74, 6) is 0.591. The third kappa shape index (κ3) is 2.98. The van der Waals surface area contributed by atoms with E-state index in [4.69, 9.17) is 11.6 Å². The van der Waals surface area contributed by atoms with E-state index < -0.39 is 0 Å². The first kappa shape index (κ1) is 12.6. The van der Waals surface area contributed by atoms with Gasteiger partial charge in [-0.2, -0.15) is 0 Å². The fourth-order valence-electron chi connectivity index (χ4n) is 1.91. The smallest absolute Gasteiger partial charge is 0.0613 e. The van der Waals surface area contributed by atoms with Crippen molar-refractivity contribution in [3.63, 3.8) is 0 Å². The van der Waals surface area contributed by atoms with Crippen molar-refractivity contribution in [1.82, 2.24) is 0 Å². The predicted octanol–water partition coefficient (Wildman–Crippen LogP) is 5.02. The molecule has 0 heterocycles. The molecule has 0 fully saturated rings. The molecule has 1 rings (SSSR count). The molecule has 0 aromatic heterocycles. The lowest BCUT2D eigenvalue weighted by molar-refractivity contribution is 0.476. The summed E-state index contributed by atoms with van der Waals surface area (Å²) < 4.78 is 0. The van der Waals surface area contributed by atoms with Crippen molar-refractivity contribution in [2.75, 3.05) is 0 Å². The molecule has 0 amide bonds. The van der Waals surface area contributed by atoms with E-state index in [2.05, 4.69) is 45.9 Å². The van der Waals surface area contributed by atoms with Crippen LogP contribution in [0.25, 0.3) is 0 Å². The standard InChI is InChI=1S/C14H21Cl/c1-5-12(6-2)14(15)13-8-7-10(3)11(4)9-13/h7-9,12,14H,5-6H2,1-4H3. The average Bonchev–Trinajstić information content (AvgIpc) is 2.23. The number of hydrogen-bond donors (Lipinski definition) is 0. The van der Waals surface area contributed by atoms with Gasteiger partial charge in [-0.25, -0.2) is 0 Å². The number of rotatable bonds is 4. The van der Waals surface area contributed by atoms with Crippen molar-refractivity contribution in [3.05, 3.63) is 34.9 Å². The maximum atomic E-state index is 6.50. The minimum Gasteiger partial charge on any atom is -0.118 e. The largest absolute Gasteiger partial charge is 0.118 e. The molecule has 0 N–H and O–H groups in total. The normalized spacial score (nSPS) is 13.2. The summed E-state index contributed by atoms with van der Waals surface area (Å²) in [5, 5.41) is 0.166. The Hall–Kier alpha value is -0.490. The highest BCUT2D eigenvalue weighted by atomic mass is 35.5. The second-order valence-electron chi connectivity index (χ2n) is 4.32. The molecule has 0 saturated carbocycles. The third-order valence-corrected chi connectivity index (χ3v) is 3.92. The molecule has 15 heavy (non-hydrogen) atoms. The molecule has 1 aromatic carbocycles. The SMILES string of the molecule is CCC(CC)C(Cl)c1ccc(C)c(C)c1. The average molecular weight is 225 g/mol. The Balaban J connectivity index is 2.90. The first-order valence-corrected chi connectivity index (χ1v) is 6.25. The molecule has 0 aliphatic rings. The number of alkyl halides is 1. The van der Waals surface area contributed by atoms with Crippen molar-refractivity contribution in [2.45, 2.75) is 45.9 Å². The lowest BCUT2D eigenvalue weighted by Crippen LogP contribution is -2.06. The Morgan fingerprint density at radius 1 is 1.07 bits per heavy atom. The van der Waals surface area contributed by atoms with E-state index in [1.807, 2.05) is 0 Å². The number of halogens is 1. The molecule has 1 unspecified atom stereocenters. The van der Waals surface area contributed by atoms with Crippen LogP contribution in [0.5, 0.6) is 0 Å². The van der Waals surface area contributed by atoms with Gasteiger partial charge in [-0.1, -0.05) is 44.9 Å². The van der Waals surface area contributed by atoms with Crippen LogP contribution in [-0.4, -0.2) is 0 Å². The Morgan fingerprint density at radius 2 is 1.67 bits per heavy atom. The first-order chi connectivity index (χ1) is 7.10. The maximum Gasteiger partial charge on any atom is 0.0613 e. The van der Waals surface area contributed by atoms with E-state index in [1.54, 1.807) is 0 Å². The van der Waals surface area contributed by atoms with Crippen LogP contribution in [0.3, 0.4) is 0 Å². The van der Waals surface area contributed by atoms with Crippen molar-refractivity contribution in [3.8, 4) is 0 Å². The van der Waals surface area contributed by atoms with Crippen LogP contribution in [0.4, 0.5) is 0 Å². The van der Waals surface area contributed by atoms with Gasteiger partial charge in [0, 0.05) is 0 Å². The fraction of sp³-hybridized carbons (Fsp3) is 0.571. The molecule has 0 aliphatic carbocycles. The topological polar surface area (TPSA) is 0 Å². The molecule has 0 aliphatic heterocycles. The molecule has 0 bridgehead atoms. The number of aryl methyl sites for hydroxylation is 2. The van der Waals surface area contributed by atoms with Crippen LogP contribution < -0.4 is 0 Å². The highest BCUT2D eigenvalue weighted by molar-refractivity contribution is 6.21. The highest BCUT2D eigenvalue weighted by Crippen LogP contribution is 2.33. The van der Waals surface area contributed by atoms with E-state index in [0.717, 1.165) is 12.8 Å². The van der Waals surface area contributed by atoms with Crippen LogP contribution in [0.15, 0.2) is 18.2 Å². The van der Waals surface area contributed by atoms with E-state index in [1.165, 1.54) is 16.7 Å². The monoisotopic (exact) mass is 224 g/mol. The number of benzene rings is 1. The Kier molecular flexibility index (Phi) is 4.66. The van der Waals surface area contributed by atoms with Crippen LogP contribution in [0, 0.1) is 19.8 Å². The molecule has 84 valence electrons. The zero-order valence-corrected chi connectivity index (χ0v) is 10.9. The van der Waals surface area contributed by atoms with Gasteiger partial charge in [0.1, 0.15) is 0 Å². The second kappa shape index (κ2) is 5.55. The summed E-state index contributed by atoms with van der Waals surface area (Å²) in [6, 6.07) is 6.56. The van der Waals surface area contributed by atoms with Crippen molar-refractivity contribution in [2.24, 2.45) is 5.92 Å². The molecular weight excluding hydrogens is 204 g/mol. The summed E-state index contributed by atoms with van der Waals surface area (Å²) in [4.78, 5) is 0. The maximum absolute atomic E-state index is 6.50. The zero-order chi connectivity index (χ0) is 11.4. The van der Waals surface area contributed by atoms with E-state index >= 15 is 0 Å². The summed E-state index contributed by atoms with van der Waals surface area (Å²) in [6.45, 7) is 8.71. The van der Waals surface area contributed by atoms with E-state index in [0.29, 0.717) is 5.92 Å². The van der Waals surface area contributed by atoms with Gasteiger partial charge in [-0.3, -0.25) is 0 Å². The summed E-state index contributed by atoms with van der Waals surface area (Å²) in [5.41, 5.74) is 3.95. The first-order valence-electron chi connectivity index (χ1n) is 5.81. The van der Waals surface area contributed by atoms with Crippen molar-refractivity contribution < 1.29 is 0 Å². The highest BCUT2D eigenvalue weighted by Gasteiger charge is 2.17. The molecular formula is C14H21Cl. The Morgan fingerprint density at radius 3 is 2.13 bits per heavy atom. The van der Waals surface area contributed by atoms with E-state index in [-0.39, 0.29) is 5.38 Å². The summed E-state index contributed by atoms with van der Waals surface area (Å²) in [6.07, 6.45) is 2.30. The van der Waals surface area contributed by atoms with Crippen molar-refractivity contribution in [1.29, 1.82) is 0 Å². The van der Waals surface area contributed by atoms with Crippen LogP contribution >= 0.6 is 11.6 Å². The van der Waals surface area contributed by atoms with Gasteiger partial charge >= 0.3 is 0 Å². The summed E-state index contributed by atoms with van der Waals surface area (Å²) in [7, 11) is 0. The van der Waals surface area contributed by atoms with Crippen LogP contribution in [0.1, 0.15) is 48.8 Å². The van der Waals surface area contributed by atoms with Gasteiger partial charge in [0.05, 0.1) is 5.38 Å².